The zero-order chi connectivity index (χ0) is 15.4. The number of rotatable bonds is 11. The van der Waals surface area contributed by atoms with Crippen LogP contribution in [0.25, 0.3) is 0 Å². The largest absolute Gasteiger partial charge is 0.355 e. The smallest absolute Gasteiger partial charge is 0.220 e. The van der Waals surface area contributed by atoms with Gasteiger partial charge >= 0.3 is 0 Å². The summed E-state index contributed by atoms with van der Waals surface area (Å²) in [5, 5.41) is 7.16. The normalized spacial score (nSPS) is 10.9. The van der Waals surface area contributed by atoms with Gasteiger partial charge in [-0.1, -0.05) is 6.92 Å². The lowest BCUT2D eigenvalue weighted by atomic mass is 10.3. The molecule has 2 amide bonds. The number of likely N-dealkylation sites (N-methyl/N-ethyl adjacent to an activating group) is 2. The van der Waals surface area contributed by atoms with Gasteiger partial charge in [-0.15, -0.1) is 0 Å². The van der Waals surface area contributed by atoms with Crippen LogP contribution in [-0.4, -0.2) is 75.7 Å². The minimum atomic E-state index is -0.115. The second-order valence-electron chi connectivity index (χ2n) is 4.63. The Bertz CT molecular complexity index is 259. The fourth-order valence-electron chi connectivity index (χ4n) is 1.39. The van der Waals surface area contributed by atoms with Crippen LogP contribution in [0.4, 0.5) is 0 Å². The molecule has 0 aromatic rings. The Hall–Kier alpha value is -1.18. The van der Waals surface area contributed by atoms with Crippen molar-refractivity contribution in [2.75, 3.05) is 53.9 Å². The van der Waals surface area contributed by atoms with Gasteiger partial charge in [-0.25, -0.2) is 0 Å². The van der Waals surface area contributed by atoms with Crippen molar-refractivity contribution in [1.82, 2.24) is 20.6 Å². The topological polar surface area (TPSA) is 73.9 Å². The molecular weight excluding hydrogens is 260 g/mol. The lowest BCUT2D eigenvalue weighted by molar-refractivity contribution is -0.127. The highest BCUT2D eigenvalue weighted by Gasteiger charge is 2.06. The quantitative estimate of drug-likeness (QED) is 0.499. The molecule has 0 fully saturated rings. The van der Waals surface area contributed by atoms with Gasteiger partial charge in [0.1, 0.15) is 0 Å². The van der Waals surface area contributed by atoms with Crippen molar-refractivity contribution in [2.24, 2.45) is 0 Å². The highest BCUT2D eigenvalue weighted by atomic mass is 16.7. The van der Waals surface area contributed by atoms with E-state index in [9.17, 15) is 9.59 Å². The van der Waals surface area contributed by atoms with Crippen LogP contribution in [0.15, 0.2) is 0 Å². The fourth-order valence-corrected chi connectivity index (χ4v) is 1.39. The van der Waals surface area contributed by atoms with Crippen LogP contribution >= 0.6 is 0 Å². The van der Waals surface area contributed by atoms with Gasteiger partial charge in [0.05, 0.1) is 7.11 Å². The molecule has 20 heavy (non-hydrogen) atoms. The summed E-state index contributed by atoms with van der Waals surface area (Å²) in [6.45, 7) is 5.56. The lowest BCUT2D eigenvalue weighted by Crippen LogP contribution is -2.35. The number of amides is 2. The van der Waals surface area contributed by atoms with Crippen molar-refractivity contribution in [3.05, 3.63) is 0 Å². The van der Waals surface area contributed by atoms with Crippen molar-refractivity contribution in [3.8, 4) is 0 Å². The van der Waals surface area contributed by atoms with E-state index in [0.717, 1.165) is 13.1 Å². The molecule has 0 aliphatic carbocycles. The van der Waals surface area contributed by atoms with Crippen molar-refractivity contribution in [1.29, 1.82) is 0 Å². The third kappa shape index (κ3) is 10.7. The number of carbonyl (C=O) groups excluding carboxylic acids is 2. The van der Waals surface area contributed by atoms with Gasteiger partial charge in [0.25, 0.3) is 0 Å². The summed E-state index contributed by atoms with van der Waals surface area (Å²) in [7, 11) is 5.35. The Morgan fingerprint density at radius 1 is 1.00 bits per heavy atom. The molecule has 0 bridgehead atoms. The SMILES string of the molecule is CCN(C)CCNC(=O)CCC(=O)NCCN(C)OC. The average Bonchev–Trinajstić information content (AvgIpc) is 2.44. The van der Waals surface area contributed by atoms with Crippen molar-refractivity contribution in [2.45, 2.75) is 19.8 Å². The molecule has 7 heteroatoms. The molecule has 0 atom stereocenters. The highest BCUT2D eigenvalue weighted by molar-refractivity contribution is 5.83. The van der Waals surface area contributed by atoms with Crippen molar-refractivity contribution in [3.63, 3.8) is 0 Å². The summed E-state index contributed by atoms with van der Waals surface area (Å²) in [6, 6.07) is 0. The molecule has 0 spiro atoms. The van der Waals surface area contributed by atoms with E-state index < -0.39 is 0 Å². The predicted molar refractivity (Wildman–Crippen MR) is 78.1 cm³/mol. The summed E-state index contributed by atoms with van der Waals surface area (Å²) in [5.41, 5.74) is 0. The van der Waals surface area contributed by atoms with Gasteiger partial charge in [-0.2, -0.15) is 5.06 Å². The minimum Gasteiger partial charge on any atom is -0.355 e. The zero-order valence-corrected chi connectivity index (χ0v) is 13.1. The first-order chi connectivity index (χ1) is 9.49. The number of hydrogen-bond donors (Lipinski definition) is 2. The maximum absolute atomic E-state index is 11.5. The first-order valence-corrected chi connectivity index (χ1v) is 6.96. The van der Waals surface area contributed by atoms with Crippen LogP contribution in [0.1, 0.15) is 19.8 Å². The van der Waals surface area contributed by atoms with E-state index in [1.807, 2.05) is 7.05 Å². The van der Waals surface area contributed by atoms with E-state index in [1.165, 1.54) is 0 Å². The molecule has 0 rings (SSSR count). The molecule has 0 aromatic carbocycles. The molecule has 7 nitrogen and oxygen atoms in total. The second kappa shape index (κ2) is 11.6. The van der Waals surface area contributed by atoms with Crippen LogP contribution in [0.2, 0.25) is 0 Å². The van der Waals surface area contributed by atoms with Gasteiger partial charge in [-0.05, 0) is 13.6 Å². The lowest BCUT2D eigenvalue weighted by Gasteiger charge is -2.14. The van der Waals surface area contributed by atoms with Gasteiger partial charge in [0.2, 0.25) is 11.8 Å². The fraction of sp³-hybridized carbons (Fsp3) is 0.846. The predicted octanol–water partition coefficient (Wildman–Crippen LogP) is -0.556. The maximum Gasteiger partial charge on any atom is 0.220 e. The standard InChI is InChI=1S/C13H28N4O3/c1-5-16(2)10-8-14-12(18)6-7-13(19)15-9-11-17(3)20-4/h5-11H2,1-4H3,(H,14,18)(H,15,19). The van der Waals surface area contributed by atoms with Crippen LogP contribution in [0, 0.1) is 0 Å². The summed E-state index contributed by atoms with van der Waals surface area (Å²) >= 11 is 0. The Labute approximate surface area is 121 Å². The third-order valence-corrected chi connectivity index (χ3v) is 3.00. The number of nitrogens with one attached hydrogen (secondary N) is 2. The molecule has 0 aliphatic rings. The zero-order valence-electron chi connectivity index (χ0n) is 13.1. The molecule has 0 unspecified atom stereocenters. The van der Waals surface area contributed by atoms with Crippen LogP contribution in [0.3, 0.4) is 0 Å². The van der Waals surface area contributed by atoms with Gasteiger partial charge in [0.15, 0.2) is 0 Å². The molecule has 0 aromatic heterocycles. The Morgan fingerprint density at radius 2 is 1.50 bits per heavy atom. The van der Waals surface area contributed by atoms with Gasteiger partial charge < -0.3 is 20.4 Å². The van der Waals surface area contributed by atoms with Crippen molar-refractivity contribution >= 4 is 11.8 Å². The van der Waals surface area contributed by atoms with E-state index in [4.69, 9.17) is 4.84 Å². The molecule has 0 aliphatic heterocycles. The van der Waals surface area contributed by atoms with E-state index in [0.29, 0.717) is 19.6 Å². The first-order valence-electron chi connectivity index (χ1n) is 6.96. The minimum absolute atomic E-state index is 0.0846. The molecule has 118 valence electrons. The van der Waals surface area contributed by atoms with E-state index in [2.05, 4.69) is 22.5 Å². The summed E-state index contributed by atoms with van der Waals surface area (Å²) < 4.78 is 0. The summed E-state index contributed by atoms with van der Waals surface area (Å²) in [6.07, 6.45) is 0.438. The van der Waals surface area contributed by atoms with Crippen molar-refractivity contribution < 1.29 is 14.4 Å². The molecular formula is C13H28N4O3. The van der Waals surface area contributed by atoms with Crippen LogP contribution in [0.5, 0.6) is 0 Å². The molecule has 0 saturated carbocycles. The number of hydroxylamine groups is 2. The maximum atomic E-state index is 11.5. The van der Waals surface area contributed by atoms with E-state index >= 15 is 0 Å². The molecule has 2 N–H and O–H groups in total. The Morgan fingerprint density at radius 3 is 1.95 bits per heavy atom. The number of carbonyl (C=O) groups is 2. The van der Waals surface area contributed by atoms with E-state index in [-0.39, 0.29) is 24.7 Å². The second-order valence-corrected chi connectivity index (χ2v) is 4.63. The first kappa shape index (κ1) is 18.8. The monoisotopic (exact) mass is 288 g/mol. The highest BCUT2D eigenvalue weighted by Crippen LogP contribution is 1.89. The van der Waals surface area contributed by atoms with Gasteiger partial charge in [0, 0.05) is 46.1 Å². The van der Waals surface area contributed by atoms with E-state index in [1.54, 1.807) is 19.2 Å². The van der Waals surface area contributed by atoms with Crippen LogP contribution < -0.4 is 10.6 Å². The summed E-state index contributed by atoms with van der Waals surface area (Å²) in [5.74, 6) is -0.200. The van der Waals surface area contributed by atoms with Crippen LogP contribution in [-0.2, 0) is 14.4 Å². The molecule has 0 heterocycles. The third-order valence-electron chi connectivity index (χ3n) is 3.00. The Balaban J connectivity index is 3.56. The van der Waals surface area contributed by atoms with Gasteiger partial charge in [-0.3, -0.25) is 9.59 Å². The molecule has 0 radical (unpaired) electrons. The summed E-state index contributed by atoms with van der Waals surface area (Å²) in [4.78, 5) is 30.0. The average molecular weight is 288 g/mol. The number of hydrogen-bond acceptors (Lipinski definition) is 5. The number of nitrogens with zero attached hydrogens (tertiary/aromatic N) is 2. The Kier molecular flexibility index (Phi) is 10.9. The molecule has 0 saturated heterocycles.